The predicted molar refractivity (Wildman–Crippen MR) is 70.8 cm³/mol. The fraction of sp³-hybridized carbons (Fsp3) is 0.231. The zero-order valence-electron chi connectivity index (χ0n) is 10.4. The number of hydrogen-bond donors (Lipinski definition) is 3. The Morgan fingerprint density at radius 1 is 1.22 bits per heavy atom. The minimum atomic E-state index is -0.561. The van der Waals surface area contributed by atoms with Crippen molar-refractivity contribution in [2.24, 2.45) is 5.92 Å². The zero-order valence-corrected chi connectivity index (χ0v) is 10.4. The lowest BCUT2D eigenvalue weighted by Crippen LogP contribution is -2.36. The van der Waals surface area contributed by atoms with E-state index in [4.69, 9.17) is 5.73 Å². The van der Waals surface area contributed by atoms with Crippen molar-refractivity contribution in [1.82, 2.24) is 10.6 Å². The third-order valence-corrected chi connectivity index (χ3v) is 2.10. The van der Waals surface area contributed by atoms with E-state index < -0.39 is 11.9 Å². The molecule has 0 saturated carbocycles. The lowest BCUT2D eigenvalue weighted by atomic mass is 10.2. The van der Waals surface area contributed by atoms with E-state index in [9.17, 15) is 9.59 Å². The first-order valence-electron chi connectivity index (χ1n) is 5.63. The first-order valence-corrected chi connectivity index (χ1v) is 5.63. The smallest absolute Gasteiger partial charge is 0.325 e. The zero-order chi connectivity index (χ0) is 13.5. The second-order valence-electron chi connectivity index (χ2n) is 4.15. The summed E-state index contributed by atoms with van der Waals surface area (Å²) in [5, 5.41) is 4.66. The van der Waals surface area contributed by atoms with Gasteiger partial charge in [0.05, 0.1) is 0 Å². The summed E-state index contributed by atoms with van der Waals surface area (Å²) in [6.45, 7) is 3.96. The maximum atomic E-state index is 11.6. The Bertz CT molecular complexity index is 450. The Morgan fingerprint density at radius 3 is 2.39 bits per heavy atom. The van der Waals surface area contributed by atoms with Gasteiger partial charge in [0.2, 0.25) is 0 Å². The highest BCUT2D eigenvalue weighted by Crippen LogP contribution is 2.04. The summed E-state index contributed by atoms with van der Waals surface area (Å²) in [5.41, 5.74) is 6.45. The van der Waals surface area contributed by atoms with Crippen LogP contribution >= 0.6 is 0 Å². The van der Waals surface area contributed by atoms with Crippen LogP contribution in [0.2, 0.25) is 0 Å². The van der Waals surface area contributed by atoms with Crippen LogP contribution in [-0.2, 0) is 0 Å². The third-order valence-electron chi connectivity index (χ3n) is 2.10. The van der Waals surface area contributed by atoms with Crippen LogP contribution in [0.5, 0.6) is 0 Å². The third kappa shape index (κ3) is 4.69. The number of rotatable bonds is 3. The Hall–Kier alpha value is -2.30. The quantitative estimate of drug-likeness (QED) is 0.713. The number of urea groups is 1. The van der Waals surface area contributed by atoms with Crippen LogP contribution in [0.3, 0.4) is 0 Å². The van der Waals surface area contributed by atoms with Crippen molar-refractivity contribution >= 4 is 17.6 Å². The first kappa shape index (κ1) is 13.8. The number of allylic oxidation sites excluding steroid dienone is 1. The molecule has 5 heteroatoms. The lowest BCUT2D eigenvalue weighted by Gasteiger charge is -2.04. The minimum absolute atomic E-state index is 0.332. The number of hydrogen-bond acceptors (Lipinski definition) is 3. The van der Waals surface area contributed by atoms with Crippen LogP contribution in [0.4, 0.5) is 10.5 Å². The van der Waals surface area contributed by atoms with Crippen molar-refractivity contribution in [2.45, 2.75) is 13.8 Å². The van der Waals surface area contributed by atoms with Crippen LogP contribution in [0.1, 0.15) is 24.2 Å². The molecule has 0 spiro atoms. The standard InChI is InChI=1S/C13H17N3O2/c1-9(2)7-8-15-13(18)16-12(17)10-3-5-11(14)6-4-10/h3-9H,14H2,1-2H3,(H2,15,16,17,18)/b8-7+. The Balaban J connectivity index is 2.49. The van der Waals surface area contributed by atoms with Crippen LogP contribution in [0.15, 0.2) is 36.5 Å². The predicted octanol–water partition coefficient (Wildman–Crippen LogP) is 1.88. The fourth-order valence-corrected chi connectivity index (χ4v) is 1.16. The minimum Gasteiger partial charge on any atom is -0.399 e. The average molecular weight is 247 g/mol. The molecule has 5 nitrogen and oxygen atoms in total. The number of nitrogens with one attached hydrogen (secondary N) is 2. The van der Waals surface area contributed by atoms with Crippen molar-refractivity contribution < 1.29 is 9.59 Å². The van der Waals surface area contributed by atoms with Crippen molar-refractivity contribution in [3.8, 4) is 0 Å². The van der Waals surface area contributed by atoms with Gasteiger partial charge in [0.15, 0.2) is 0 Å². The summed E-state index contributed by atoms with van der Waals surface area (Å²) in [6.07, 6.45) is 3.32. The summed E-state index contributed by atoms with van der Waals surface area (Å²) in [4.78, 5) is 23.0. The number of imide groups is 1. The SMILES string of the molecule is CC(C)/C=C/NC(=O)NC(=O)c1ccc(N)cc1. The van der Waals surface area contributed by atoms with Crippen molar-refractivity contribution in [3.05, 3.63) is 42.1 Å². The van der Waals surface area contributed by atoms with E-state index in [-0.39, 0.29) is 0 Å². The molecule has 4 N–H and O–H groups in total. The van der Waals surface area contributed by atoms with E-state index in [0.717, 1.165) is 0 Å². The molecule has 0 fully saturated rings. The Labute approximate surface area is 106 Å². The fourth-order valence-electron chi connectivity index (χ4n) is 1.16. The van der Waals surface area contributed by atoms with E-state index in [1.807, 2.05) is 19.9 Å². The summed E-state index contributed by atoms with van der Waals surface area (Å²) < 4.78 is 0. The highest BCUT2D eigenvalue weighted by atomic mass is 16.2. The molecule has 0 bridgehead atoms. The van der Waals surface area contributed by atoms with E-state index >= 15 is 0 Å². The maximum Gasteiger partial charge on any atom is 0.325 e. The number of benzene rings is 1. The van der Waals surface area contributed by atoms with Gasteiger partial charge in [0.25, 0.3) is 5.91 Å². The van der Waals surface area contributed by atoms with E-state index in [1.165, 1.54) is 6.20 Å². The van der Waals surface area contributed by atoms with Gasteiger partial charge in [-0.05, 0) is 30.2 Å². The number of nitrogens with two attached hydrogens (primary N) is 1. The second kappa shape index (κ2) is 6.44. The van der Waals surface area contributed by atoms with Gasteiger partial charge >= 0.3 is 6.03 Å². The highest BCUT2D eigenvalue weighted by Gasteiger charge is 2.08. The monoisotopic (exact) mass is 247 g/mol. The van der Waals surface area contributed by atoms with Crippen molar-refractivity contribution in [3.63, 3.8) is 0 Å². The van der Waals surface area contributed by atoms with Gasteiger partial charge < -0.3 is 11.1 Å². The molecule has 1 aromatic rings. The topological polar surface area (TPSA) is 84.2 Å². The lowest BCUT2D eigenvalue weighted by molar-refractivity contribution is 0.0965. The molecular weight excluding hydrogens is 230 g/mol. The maximum absolute atomic E-state index is 11.6. The molecule has 1 aromatic carbocycles. The van der Waals surface area contributed by atoms with Crippen molar-refractivity contribution in [2.75, 3.05) is 5.73 Å². The molecule has 0 atom stereocenters. The molecule has 96 valence electrons. The summed E-state index contributed by atoms with van der Waals surface area (Å²) in [7, 11) is 0. The largest absolute Gasteiger partial charge is 0.399 e. The van der Waals surface area contributed by atoms with Crippen LogP contribution in [0, 0.1) is 5.92 Å². The molecule has 0 unspecified atom stereocenters. The molecule has 0 heterocycles. The normalized spacial score (nSPS) is 10.6. The van der Waals surface area contributed by atoms with Gasteiger partial charge in [-0.3, -0.25) is 10.1 Å². The molecule has 0 aromatic heterocycles. The molecule has 1 rings (SSSR count). The Morgan fingerprint density at radius 2 is 1.83 bits per heavy atom. The van der Waals surface area contributed by atoms with Crippen molar-refractivity contribution in [1.29, 1.82) is 0 Å². The average Bonchev–Trinajstić information content (AvgIpc) is 2.29. The molecule has 0 saturated heterocycles. The summed E-state index contributed by atoms with van der Waals surface area (Å²) in [5.74, 6) is -0.136. The number of amides is 3. The van der Waals surface area contributed by atoms with Gasteiger partial charge in [-0.2, -0.15) is 0 Å². The summed E-state index contributed by atoms with van der Waals surface area (Å²) >= 11 is 0. The highest BCUT2D eigenvalue weighted by molar-refractivity contribution is 6.04. The number of nitrogen functional groups attached to an aromatic ring is 1. The Kier molecular flexibility index (Phi) is 4.92. The van der Waals surface area contributed by atoms with Gasteiger partial charge in [0.1, 0.15) is 0 Å². The number of carbonyl (C=O) groups excluding carboxylic acids is 2. The van der Waals surface area contributed by atoms with Gasteiger partial charge in [-0.1, -0.05) is 19.9 Å². The molecular formula is C13H17N3O2. The van der Waals surface area contributed by atoms with Crippen LogP contribution in [-0.4, -0.2) is 11.9 Å². The molecule has 0 aliphatic carbocycles. The molecule has 18 heavy (non-hydrogen) atoms. The van der Waals surface area contributed by atoms with Crippen LogP contribution in [0.25, 0.3) is 0 Å². The van der Waals surface area contributed by atoms with Gasteiger partial charge in [-0.25, -0.2) is 4.79 Å². The second-order valence-corrected chi connectivity index (χ2v) is 4.15. The van der Waals surface area contributed by atoms with E-state index in [1.54, 1.807) is 24.3 Å². The number of anilines is 1. The van der Waals surface area contributed by atoms with Gasteiger partial charge in [-0.15, -0.1) is 0 Å². The molecule has 0 radical (unpaired) electrons. The summed E-state index contributed by atoms with van der Waals surface area (Å²) in [6, 6.07) is 5.76. The van der Waals surface area contributed by atoms with Gasteiger partial charge in [0, 0.05) is 17.5 Å². The number of carbonyl (C=O) groups is 2. The van der Waals surface area contributed by atoms with Crippen LogP contribution < -0.4 is 16.4 Å². The van der Waals surface area contributed by atoms with E-state index in [2.05, 4.69) is 10.6 Å². The first-order chi connectivity index (χ1) is 8.49. The molecule has 0 aliphatic heterocycles. The van der Waals surface area contributed by atoms with E-state index in [0.29, 0.717) is 17.2 Å². The molecule has 0 aliphatic rings. The molecule has 3 amide bonds.